The Morgan fingerprint density at radius 2 is 1.57 bits per heavy atom. The molecule has 0 saturated heterocycles. The number of hydrogen-bond donors (Lipinski definition) is 3. The maximum atomic E-state index is 11.8. The molecule has 0 fully saturated rings. The number of rotatable bonds is 13. The van der Waals surface area contributed by atoms with Crippen LogP contribution in [0.2, 0.25) is 0 Å². The van der Waals surface area contributed by atoms with E-state index in [0.717, 1.165) is 43.7 Å². The molecule has 7 heteroatoms. The van der Waals surface area contributed by atoms with E-state index in [1.165, 1.54) is 30.4 Å². The van der Waals surface area contributed by atoms with E-state index in [4.69, 9.17) is 5.11 Å². The lowest BCUT2D eigenvalue weighted by molar-refractivity contribution is -0.116. The first-order valence-corrected chi connectivity index (χ1v) is 13.1. The maximum Gasteiger partial charge on any atom is 0.347 e. The van der Waals surface area contributed by atoms with E-state index in [0.29, 0.717) is 17.2 Å². The minimum absolute atomic E-state index is 0.126. The number of carboxylic acid groups (broad SMARTS) is 1. The third-order valence-corrected chi connectivity index (χ3v) is 6.39. The van der Waals surface area contributed by atoms with Crippen molar-refractivity contribution in [1.29, 1.82) is 0 Å². The second-order valence-corrected chi connectivity index (χ2v) is 9.35. The fraction of sp³-hybridized carbons (Fsp3) is 0.393. The molecular weight excluding hydrogens is 458 g/mol. The molecule has 188 valence electrons. The van der Waals surface area contributed by atoms with Crippen molar-refractivity contribution in [1.82, 2.24) is 10.3 Å². The van der Waals surface area contributed by atoms with E-state index < -0.39 is 5.97 Å². The number of aromatic nitrogens is 1. The molecule has 0 atom stereocenters. The first-order chi connectivity index (χ1) is 17.0. The van der Waals surface area contributed by atoms with Crippen LogP contribution < -0.4 is 10.6 Å². The highest BCUT2D eigenvalue weighted by Gasteiger charge is 2.15. The largest absolute Gasteiger partial charge is 0.477 e. The van der Waals surface area contributed by atoms with Crippen LogP contribution in [0.15, 0.2) is 60.7 Å². The quantitative estimate of drug-likeness (QED) is 0.236. The smallest absolute Gasteiger partial charge is 0.347 e. The molecule has 0 aliphatic rings. The Balaban J connectivity index is 0.000000283. The predicted molar refractivity (Wildman–Crippen MR) is 144 cm³/mol. The van der Waals surface area contributed by atoms with Crippen LogP contribution in [-0.4, -0.2) is 28.5 Å². The number of carbonyl (C=O) groups is 2. The fourth-order valence-electron chi connectivity index (χ4n) is 3.42. The standard InChI is InChI=1S/C16H18N2O3S.C12H19N/c1-11-14(15(20)21)22-16(17-11)18-13(19)10-6-5-9-12-7-3-2-4-8-12;1-2-3-7-10-13-11-12-8-5-4-6-9-12/h2-4,7-8H,5-6,9-10H2,1H3,(H,20,21)(H,17,18,19);4-6,8-9,13H,2-3,7,10-11H2,1H3. The summed E-state index contributed by atoms with van der Waals surface area (Å²) in [5.41, 5.74) is 3.07. The summed E-state index contributed by atoms with van der Waals surface area (Å²) in [5, 5.41) is 15.4. The minimum atomic E-state index is -1.02. The number of nitrogens with zero attached hydrogens (tertiary/aromatic N) is 1. The monoisotopic (exact) mass is 495 g/mol. The first kappa shape index (κ1) is 28.2. The van der Waals surface area contributed by atoms with Gasteiger partial charge in [0.2, 0.25) is 5.91 Å². The highest BCUT2D eigenvalue weighted by Crippen LogP contribution is 2.22. The molecule has 0 radical (unpaired) electrons. The van der Waals surface area contributed by atoms with Crippen LogP contribution in [0, 0.1) is 6.92 Å². The van der Waals surface area contributed by atoms with E-state index in [1.807, 2.05) is 18.2 Å². The van der Waals surface area contributed by atoms with Gasteiger partial charge in [-0.15, -0.1) is 0 Å². The van der Waals surface area contributed by atoms with Crippen molar-refractivity contribution >= 4 is 28.3 Å². The number of benzene rings is 2. The Hall–Kier alpha value is -3.03. The lowest BCUT2D eigenvalue weighted by Crippen LogP contribution is -2.14. The number of aromatic carboxylic acids is 1. The van der Waals surface area contributed by atoms with Crippen LogP contribution in [0.5, 0.6) is 0 Å². The molecule has 35 heavy (non-hydrogen) atoms. The summed E-state index contributed by atoms with van der Waals surface area (Å²) in [6.07, 6.45) is 7.02. The number of thiazole rings is 1. The van der Waals surface area contributed by atoms with Gasteiger partial charge in [-0.25, -0.2) is 9.78 Å². The van der Waals surface area contributed by atoms with Gasteiger partial charge in [-0.05, 0) is 50.3 Å². The molecule has 3 N–H and O–H groups in total. The highest BCUT2D eigenvalue weighted by atomic mass is 32.1. The van der Waals surface area contributed by atoms with Crippen LogP contribution in [0.4, 0.5) is 5.13 Å². The van der Waals surface area contributed by atoms with E-state index in [9.17, 15) is 9.59 Å². The van der Waals surface area contributed by atoms with E-state index in [-0.39, 0.29) is 10.8 Å². The van der Waals surface area contributed by atoms with Crippen molar-refractivity contribution < 1.29 is 14.7 Å². The van der Waals surface area contributed by atoms with Gasteiger partial charge in [0, 0.05) is 13.0 Å². The second kappa shape index (κ2) is 16.6. The van der Waals surface area contributed by atoms with Crippen molar-refractivity contribution in [2.24, 2.45) is 0 Å². The molecule has 3 aromatic rings. The third kappa shape index (κ3) is 11.8. The van der Waals surface area contributed by atoms with Gasteiger partial charge in [0.25, 0.3) is 0 Å². The van der Waals surface area contributed by atoms with Gasteiger partial charge in [-0.2, -0.15) is 0 Å². The van der Waals surface area contributed by atoms with Crippen molar-refractivity contribution in [2.45, 2.75) is 65.3 Å². The Kier molecular flexibility index (Phi) is 13.4. The van der Waals surface area contributed by atoms with E-state index >= 15 is 0 Å². The minimum Gasteiger partial charge on any atom is -0.477 e. The molecule has 6 nitrogen and oxygen atoms in total. The lowest BCUT2D eigenvalue weighted by atomic mass is 10.1. The number of aryl methyl sites for hydroxylation is 2. The number of nitrogens with one attached hydrogen (secondary N) is 2. The summed E-state index contributed by atoms with van der Waals surface area (Å²) in [4.78, 5) is 27.0. The van der Waals surface area contributed by atoms with Gasteiger partial charge in [-0.3, -0.25) is 4.79 Å². The summed E-state index contributed by atoms with van der Waals surface area (Å²) < 4.78 is 0. The zero-order valence-corrected chi connectivity index (χ0v) is 21.6. The molecule has 0 spiro atoms. The zero-order chi connectivity index (χ0) is 25.3. The van der Waals surface area contributed by atoms with Gasteiger partial charge >= 0.3 is 5.97 Å². The summed E-state index contributed by atoms with van der Waals surface area (Å²) in [6.45, 7) is 6.00. The topological polar surface area (TPSA) is 91.3 Å². The first-order valence-electron chi connectivity index (χ1n) is 12.3. The number of unbranched alkanes of at least 4 members (excludes halogenated alkanes) is 3. The number of carbonyl (C=O) groups excluding carboxylic acids is 1. The molecule has 3 rings (SSSR count). The molecule has 1 aromatic heterocycles. The van der Waals surface area contributed by atoms with Crippen molar-refractivity contribution in [3.63, 3.8) is 0 Å². The van der Waals surface area contributed by atoms with Crippen LogP contribution in [0.3, 0.4) is 0 Å². The second-order valence-electron chi connectivity index (χ2n) is 8.35. The van der Waals surface area contributed by atoms with Crippen LogP contribution in [-0.2, 0) is 17.8 Å². The Bertz CT molecular complexity index is 1010. The summed E-state index contributed by atoms with van der Waals surface area (Å²) in [6, 6.07) is 20.7. The Morgan fingerprint density at radius 3 is 2.17 bits per heavy atom. The average molecular weight is 496 g/mol. The fourth-order valence-corrected chi connectivity index (χ4v) is 4.24. The lowest BCUT2D eigenvalue weighted by Gasteiger charge is -2.03. The summed E-state index contributed by atoms with van der Waals surface area (Å²) in [5.74, 6) is -1.14. The number of carboxylic acids is 1. The average Bonchev–Trinajstić information content (AvgIpc) is 3.23. The Labute approximate surface area is 212 Å². The van der Waals surface area contributed by atoms with Gasteiger partial charge in [0.15, 0.2) is 5.13 Å². The molecule has 0 bridgehead atoms. The third-order valence-electron chi connectivity index (χ3n) is 5.33. The normalized spacial score (nSPS) is 10.3. The SMILES string of the molecule is CCCCCNCc1ccccc1.Cc1nc(NC(=O)CCCCc2ccccc2)sc1C(=O)O. The molecule has 0 aliphatic carbocycles. The predicted octanol–water partition coefficient (Wildman–Crippen LogP) is 6.47. The highest BCUT2D eigenvalue weighted by molar-refractivity contribution is 7.17. The van der Waals surface area contributed by atoms with E-state index in [1.54, 1.807) is 6.92 Å². The van der Waals surface area contributed by atoms with Gasteiger partial charge in [0.05, 0.1) is 5.69 Å². The van der Waals surface area contributed by atoms with Gasteiger partial charge in [-0.1, -0.05) is 91.8 Å². The number of anilines is 1. The van der Waals surface area contributed by atoms with Crippen molar-refractivity contribution in [3.8, 4) is 0 Å². The van der Waals surface area contributed by atoms with Crippen molar-refractivity contribution in [3.05, 3.63) is 82.4 Å². The number of hydrogen-bond acceptors (Lipinski definition) is 5. The molecular formula is C28H37N3O3S. The molecule has 0 unspecified atom stereocenters. The van der Waals surface area contributed by atoms with Crippen molar-refractivity contribution in [2.75, 3.05) is 11.9 Å². The van der Waals surface area contributed by atoms with Gasteiger partial charge in [0.1, 0.15) is 4.88 Å². The molecule has 0 aliphatic heterocycles. The molecule has 0 saturated carbocycles. The summed E-state index contributed by atoms with van der Waals surface area (Å²) >= 11 is 0.989. The maximum absolute atomic E-state index is 11.8. The van der Waals surface area contributed by atoms with Crippen LogP contribution in [0.25, 0.3) is 0 Å². The Morgan fingerprint density at radius 1 is 0.914 bits per heavy atom. The molecule has 2 aromatic carbocycles. The van der Waals surface area contributed by atoms with E-state index in [2.05, 4.69) is 65.0 Å². The summed E-state index contributed by atoms with van der Waals surface area (Å²) in [7, 11) is 0. The van der Waals surface area contributed by atoms with Crippen LogP contribution in [0.1, 0.15) is 71.9 Å². The number of amides is 1. The zero-order valence-electron chi connectivity index (χ0n) is 20.8. The molecule has 1 amide bonds. The van der Waals surface area contributed by atoms with Gasteiger partial charge < -0.3 is 15.7 Å². The molecule has 1 heterocycles. The van der Waals surface area contributed by atoms with Crippen LogP contribution >= 0.6 is 11.3 Å².